The number of nitrogens with zero attached hydrogens (tertiary/aromatic N) is 1. The molecule has 0 saturated carbocycles. The fourth-order valence-electron chi connectivity index (χ4n) is 1.64. The molecule has 0 amide bonds. The number of aromatic nitrogens is 1. The smallest absolute Gasteiger partial charge is 0.359 e. The number of carbonyl (C=O) groups excluding carboxylic acids is 1. The predicted molar refractivity (Wildman–Crippen MR) is 82.3 cm³/mol. The summed E-state index contributed by atoms with van der Waals surface area (Å²) in [5.41, 5.74) is 1.22. The van der Waals surface area contributed by atoms with Gasteiger partial charge in [0.25, 0.3) is 0 Å². The molecule has 21 heavy (non-hydrogen) atoms. The average molecular weight is 301 g/mol. The third-order valence-corrected chi connectivity index (χ3v) is 3.55. The highest BCUT2D eigenvalue weighted by molar-refractivity contribution is 7.15. The van der Waals surface area contributed by atoms with E-state index in [-0.39, 0.29) is 5.69 Å². The van der Waals surface area contributed by atoms with E-state index < -0.39 is 5.97 Å². The van der Waals surface area contributed by atoms with Gasteiger partial charge in [0.05, 0.1) is 6.61 Å². The number of hydrogen-bond acceptors (Lipinski definition) is 5. The van der Waals surface area contributed by atoms with E-state index in [0.29, 0.717) is 18.1 Å². The molecule has 0 N–H and O–H groups in total. The summed E-state index contributed by atoms with van der Waals surface area (Å²) in [6.45, 7) is 2.38. The fraction of sp³-hybridized carbons (Fsp3) is 0.250. The molecule has 4 nitrogen and oxygen atoms in total. The Morgan fingerprint density at radius 2 is 2.10 bits per heavy atom. The number of hydrogen-bond donors (Lipinski definition) is 0. The van der Waals surface area contributed by atoms with Crippen LogP contribution >= 0.6 is 11.3 Å². The van der Waals surface area contributed by atoms with Gasteiger partial charge < -0.3 is 9.47 Å². The molecule has 1 aromatic carbocycles. The summed E-state index contributed by atoms with van der Waals surface area (Å²) < 4.78 is 9.93. The van der Waals surface area contributed by atoms with Gasteiger partial charge in [0.15, 0.2) is 5.69 Å². The largest absolute Gasteiger partial charge is 0.461 e. The third kappa shape index (κ3) is 3.91. The molecule has 0 aliphatic carbocycles. The average Bonchev–Trinajstić information content (AvgIpc) is 2.93. The Balaban J connectivity index is 2.40. The van der Waals surface area contributed by atoms with Gasteiger partial charge in [0.1, 0.15) is 16.5 Å². The van der Waals surface area contributed by atoms with E-state index in [2.05, 4.69) is 16.8 Å². The second-order valence-electron chi connectivity index (χ2n) is 4.02. The van der Waals surface area contributed by atoms with E-state index in [1.807, 2.05) is 30.3 Å². The van der Waals surface area contributed by atoms with Crippen LogP contribution in [-0.4, -0.2) is 31.3 Å². The van der Waals surface area contributed by atoms with Crippen LogP contribution in [0.5, 0.6) is 0 Å². The number of esters is 1. The maximum absolute atomic E-state index is 12.0. The molecule has 0 unspecified atom stereocenters. The van der Waals surface area contributed by atoms with Crippen LogP contribution in [0, 0.1) is 11.8 Å². The van der Waals surface area contributed by atoms with Crippen LogP contribution in [0.2, 0.25) is 0 Å². The second kappa shape index (κ2) is 7.58. The second-order valence-corrected chi connectivity index (χ2v) is 5.02. The van der Waals surface area contributed by atoms with Gasteiger partial charge in [0, 0.05) is 12.7 Å². The lowest BCUT2D eigenvalue weighted by Crippen LogP contribution is -2.06. The van der Waals surface area contributed by atoms with Gasteiger partial charge in [-0.15, -0.1) is 11.3 Å². The Morgan fingerprint density at radius 3 is 2.76 bits per heavy atom. The van der Waals surface area contributed by atoms with E-state index in [1.165, 1.54) is 11.3 Å². The Morgan fingerprint density at radius 1 is 1.33 bits per heavy atom. The molecule has 2 aromatic rings. The Hall–Kier alpha value is -2.16. The molecule has 0 radical (unpaired) electrons. The van der Waals surface area contributed by atoms with Crippen molar-refractivity contribution in [3.05, 3.63) is 40.9 Å². The monoisotopic (exact) mass is 301 g/mol. The molecule has 5 heteroatoms. The third-order valence-electron chi connectivity index (χ3n) is 2.54. The van der Waals surface area contributed by atoms with Crippen LogP contribution in [-0.2, 0) is 9.47 Å². The summed E-state index contributed by atoms with van der Waals surface area (Å²) in [5, 5.41) is 0.750. The van der Waals surface area contributed by atoms with Crippen LogP contribution in [0.1, 0.15) is 22.3 Å². The predicted octanol–water partition coefficient (Wildman–Crippen LogP) is 2.98. The minimum absolute atomic E-state index is 0.268. The van der Waals surface area contributed by atoms with Crippen molar-refractivity contribution in [1.82, 2.24) is 4.98 Å². The molecule has 0 aliphatic rings. The Labute approximate surface area is 127 Å². The van der Waals surface area contributed by atoms with Gasteiger partial charge in [-0.3, -0.25) is 0 Å². The molecular formula is C16H15NO3S. The van der Waals surface area contributed by atoms with E-state index in [4.69, 9.17) is 9.47 Å². The molecule has 1 aromatic heterocycles. The van der Waals surface area contributed by atoms with Gasteiger partial charge in [-0.25, -0.2) is 9.78 Å². The first kappa shape index (κ1) is 15.2. The maximum Gasteiger partial charge on any atom is 0.359 e. The highest BCUT2D eigenvalue weighted by Crippen LogP contribution is 2.28. The molecular weight excluding hydrogens is 286 g/mol. The zero-order chi connectivity index (χ0) is 15.1. The van der Waals surface area contributed by atoms with Crippen molar-refractivity contribution in [2.45, 2.75) is 6.92 Å². The molecule has 0 saturated heterocycles. The summed E-state index contributed by atoms with van der Waals surface area (Å²) in [5.74, 6) is 5.32. The number of rotatable bonds is 4. The quantitative estimate of drug-likeness (QED) is 0.643. The van der Waals surface area contributed by atoms with Crippen molar-refractivity contribution in [3.8, 4) is 22.4 Å². The summed E-state index contributed by atoms with van der Waals surface area (Å²) in [4.78, 5) is 16.9. The van der Waals surface area contributed by atoms with Crippen molar-refractivity contribution >= 4 is 17.3 Å². The van der Waals surface area contributed by atoms with E-state index in [0.717, 1.165) is 10.6 Å². The standard InChI is InChI=1S/C16H15NO3S/c1-3-20-16(18)14-13(10-7-11-19-2)21-15(17-14)12-8-5-4-6-9-12/h4-6,8-9H,3,11H2,1-2H3. The summed E-state index contributed by atoms with van der Waals surface area (Å²) in [6, 6.07) is 9.68. The van der Waals surface area contributed by atoms with Crippen molar-refractivity contribution in [2.75, 3.05) is 20.3 Å². The molecule has 108 valence electrons. The lowest BCUT2D eigenvalue weighted by atomic mass is 10.2. The minimum Gasteiger partial charge on any atom is -0.461 e. The molecule has 0 aliphatic heterocycles. The molecule has 0 fully saturated rings. The lowest BCUT2D eigenvalue weighted by molar-refractivity contribution is 0.0520. The lowest BCUT2D eigenvalue weighted by Gasteiger charge is -1.97. The zero-order valence-corrected chi connectivity index (χ0v) is 12.7. The van der Waals surface area contributed by atoms with Gasteiger partial charge in [-0.05, 0) is 6.92 Å². The van der Waals surface area contributed by atoms with Gasteiger partial charge in [-0.1, -0.05) is 42.2 Å². The first-order valence-electron chi connectivity index (χ1n) is 6.47. The molecule has 0 atom stereocenters. The van der Waals surface area contributed by atoms with E-state index in [1.54, 1.807) is 14.0 Å². The maximum atomic E-state index is 12.0. The van der Waals surface area contributed by atoms with Crippen LogP contribution in [0.15, 0.2) is 30.3 Å². The van der Waals surface area contributed by atoms with E-state index >= 15 is 0 Å². The number of methoxy groups -OCH3 is 1. The van der Waals surface area contributed by atoms with Crippen LogP contribution in [0.25, 0.3) is 10.6 Å². The van der Waals surface area contributed by atoms with Gasteiger partial charge in [-0.2, -0.15) is 0 Å². The normalized spacial score (nSPS) is 9.81. The summed E-state index contributed by atoms with van der Waals surface area (Å²) in [7, 11) is 1.57. The first-order valence-corrected chi connectivity index (χ1v) is 7.29. The SMILES string of the molecule is CCOC(=O)c1nc(-c2ccccc2)sc1C#CCOC. The Bertz CT molecular complexity index is 668. The highest BCUT2D eigenvalue weighted by atomic mass is 32.1. The molecule has 1 heterocycles. The Kier molecular flexibility index (Phi) is 5.50. The molecule has 2 rings (SSSR count). The van der Waals surface area contributed by atoms with Crippen LogP contribution < -0.4 is 0 Å². The zero-order valence-electron chi connectivity index (χ0n) is 11.9. The van der Waals surface area contributed by atoms with E-state index in [9.17, 15) is 4.79 Å². The molecule has 0 bridgehead atoms. The fourth-order valence-corrected chi connectivity index (χ4v) is 2.57. The number of benzene rings is 1. The van der Waals surface area contributed by atoms with Crippen molar-refractivity contribution in [3.63, 3.8) is 0 Å². The number of thiazole rings is 1. The van der Waals surface area contributed by atoms with Crippen molar-refractivity contribution in [1.29, 1.82) is 0 Å². The number of ether oxygens (including phenoxy) is 2. The molecule has 0 spiro atoms. The topological polar surface area (TPSA) is 48.4 Å². The summed E-state index contributed by atoms with van der Waals surface area (Å²) in [6.07, 6.45) is 0. The highest BCUT2D eigenvalue weighted by Gasteiger charge is 2.18. The van der Waals surface area contributed by atoms with Crippen LogP contribution in [0.4, 0.5) is 0 Å². The minimum atomic E-state index is -0.447. The van der Waals surface area contributed by atoms with Gasteiger partial charge in [0.2, 0.25) is 0 Å². The van der Waals surface area contributed by atoms with Crippen molar-refractivity contribution in [2.24, 2.45) is 0 Å². The number of carbonyl (C=O) groups is 1. The van der Waals surface area contributed by atoms with Crippen LogP contribution in [0.3, 0.4) is 0 Å². The first-order chi connectivity index (χ1) is 10.3. The summed E-state index contributed by atoms with van der Waals surface area (Å²) >= 11 is 1.38. The van der Waals surface area contributed by atoms with Crippen molar-refractivity contribution < 1.29 is 14.3 Å². The van der Waals surface area contributed by atoms with Gasteiger partial charge >= 0.3 is 5.97 Å².